The molecule has 0 spiro atoms. The molecule has 1 atom stereocenters. The van der Waals surface area contributed by atoms with E-state index in [1.165, 1.54) is 6.20 Å². The van der Waals surface area contributed by atoms with Gasteiger partial charge in [0.1, 0.15) is 5.69 Å². The first-order valence-electron chi connectivity index (χ1n) is 8.28. The minimum Gasteiger partial charge on any atom is -0.350 e. The number of sulfone groups is 1. The lowest BCUT2D eigenvalue weighted by Crippen LogP contribution is -2.48. The monoisotopic (exact) mass is 353 g/mol. The number of nitrogens with zero attached hydrogens (tertiary/aromatic N) is 4. The van der Waals surface area contributed by atoms with Crippen LogP contribution in [-0.2, 0) is 9.84 Å². The highest BCUT2D eigenvalue weighted by atomic mass is 32.2. The molecular formula is C15H23N5O3S. The first-order valence-corrected chi connectivity index (χ1v) is 10.1. The molecule has 0 aliphatic carbocycles. The number of hydrogen-bond acceptors (Lipinski definition) is 7. The number of carbonyl (C=O) groups excluding carboxylic acids is 1. The first-order chi connectivity index (χ1) is 11.5. The molecule has 1 aromatic rings. The fraction of sp³-hybridized carbons (Fsp3) is 0.667. The van der Waals surface area contributed by atoms with Crippen LogP contribution < -0.4 is 5.32 Å². The van der Waals surface area contributed by atoms with E-state index in [1.807, 2.05) is 0 Å². The van der Waals surface area contributed by atoms with E-state index in [0.29, 0.717) is 31.2 Å². The Balaban J connectivity index is 1.64. The SMILES string of the molecule is CCN1CCN(C(=O)c2ccnc(NC3CCS(=O)(=O)C3)n2)CC1. The maximum Gasteiger partial charge on any atom is 0.272 e. The van der Waals surface area contributed by atoms with Crippen LogP contribution in [0.1, 0.15) is 23.8 Å². The van der Waals surface area contributed by atoms with Crippen molar-refractivity contribution in [3.05, 3.63) is 18.0 Å². The molecule has 2 fully saturated rings. The number of rotatable bonds is 4. The van der Waals surface area contributed by atoms with Crippen LogP contribution in [0.25, 0.3) is 0 Å². The minimum atomic E-state index is -2.96. The van der Waals surface area contributed by atoms with E-state index in [0.717, 1.165) is 19.6 Å². The van der Waals surface area contributed by atoms with E-state index >= 15 is 0 Å². The third-order valence-corrected chi connectivity index (χ3v) is 6.32. The van der Waals surface area contributed by atoms with Crippen molar-refractivity contribution in [1.29, 1.82) is 0 Å². The Labute approximate surface area is 142 Å². The Hall–Kier alpha value is -1.74. The van der Waals surface area contributed by atoms with Crippen LogP contribution in [0.3, 0.4) is 0 Å². The molecular weight excluding hydrogens is 330 g/mol. The highest BCUT2D eigenvalue weighted by Crippen LogP contribution is 2.15. The van der Waals surface area contributed by atoms with Gasteiger partial charge in [0, 0.05) is 38.4 Å². The number of carbonyl (C=O) groups is 1. The van der Waals surface area contributed by atoms with Crippen molar-refractivity contribution in [1.82, 2.24) is 19.8 Å². The van der Waals surface area contributed by atoms with Crippen LogP contribution in [0.4, 0.5) is 5.95 Å². The standard InChI is InChI=1S/C15H23N5O3S/c1-2-19-6-8-20(9-7-19)14(21)13-3-5-16-15(18-13)17-12-4-10-24(22,23)11-12/h3,5,12H,2,4,6-11H2,1H3,(H,16,17,18). The molecule has 1 N–H and O–H groups in total. The molecule has 8 nitrogen and oxygen atoms in total. The van der Waals surface area contributed by atoms with Gasteiger partial charge in [-0.25, -0.2) is 18.4 Å². The maximum atomic E-state index is 12.6. The Morgan fingerprint density at radius 1 is 1.33 bits per heavy atom. The molecule has 1 amide bonds. The third kappa shape index (κ3) is 4.02. The summed E-state index contributed by atoms with van der Waals surface area (Å²) < 4.78 is 23.0. The van der Waals surface area contributed by atoms with Gasteiger partial charge in [-0.05, 0) is 19.0 Å². The number of anilines is 1. The molecule has 132 valence electrons. The summed E-state index contributed by atoms with van der Waals surface area (Å²) >= 11 is 0. The fourth-order valence-corrected chi connectivity index (χ4v) is 4.74. The lowest BCUT2D eigenvalue weighted by atomic mass is 10.2. The Kier molecular flexibility index (Phi) is 5.00. The van der Waals surface area contributed by atoms with Gasteiger partial charge < -0.3 is 15.1 Å². The Morgan fingerprint density at radius 2 is 2.08 bits per heavy atom. The summed E-state index contributed by atoms with van der Waals surface area (Å²) in [5.74, 6) is 0.490. The van der Waals surface area contributed by atoms with Crippen molar-refractivity contribution in [2.45, 2.75) is 19.4 Å². The molecule has 1 aromatic heterocycles. The number of hydrogen-bond donors (Lipinski definition) is 1. The van der Waals surface area contributed by atoms with Crippen LogP contribution in [0, 0.1) is 0 Å². The van der Waals surface area contributed by atoms with E-state index in [-0.39, 0.29) is 23.5 Å². The highest BCUT2D eigenvalue weighted by Gasteiger charge is 2.28. The smallest absolute Gasteiger partial charge is 0.272 e. The van der Waals surface area contributed by atoms with Gasteiger partial charge in [0.15, 0.2) is 9.84 Å². The van der Waals surface area contributed by atoms with Crippen LogP contribution in [0.5, 0.6) is 0 Å². The number of likely N-dealkylation sites (N-methyl/N-ethyl adjacent to an activating group) is 1. The molecule has 0 bridgehead atoms. The van der Waals surface area contributed by atoms with Gasteiger partial charge in [0.05, 0.1) is 11.5 Å². The molecule has 9 heteroatoms. The van der Waals surface area contributed by atoms with Crippen molar-refractivity contribution < 1.29 is 13.2 Å². The zero-order valence-corrected chi connectivity index (χ0v) is 14.6. The summed E-state index contributed by atoms with van der Waals surface area (Å²) in [6.07, 6.45) is 2.08. The highest BCUT2D eigenvalue weighted by molar-refractivity contribution is 7.91. The van der Waals surface area contributed by atoms with Crippen molar-refractivity contribution in [2.75, 3.05) is 49.5 Å². The number of nitrogens with one attached hydrogen (secondary N) is 1. The predicted octanol–water partition coefficient (Wildman–Crippen LogP) is -0.147. The number of amides is 1. The van der Waals surface area contributed by atoms with Crippen molar-refractivity contribution in [2.24, 2.45) is 0 Å². The average Bonchev–Trinajstić information content (AvgIpc) is 2.93. The fourth-order valence-electron chi connectivity index (χ4n) is 3.07. The van der Waals surface area contributed by atoms with Gasteiger partial charge in [-0.1, -0.05) is 6.92 Å². The van der Waals surface area contributed by atoms with Gasteiger partial charge >= 0.3 is 0 Å². The summed E-state index contributed by atoms with van der Waals surface area (Å²) in [6, 6.07) is 1.42. The summed E-state index contributed by atoms with van der Waals surface area (Å²) in [5.41, 5.74) is 0.346. The second-order valence-corrected chi connectivity index (χ2v) is 8.46. The molecule has 2 aliphatic rings. The van der Waals surface area contributed by atoms with E-state index in [2.05, 4.69) is 27.1 Å². The molecule has 24 heavy (non-hydrogen) atoms. The van der Waals surface area contributed by atoms with E-state index in [1.54, 1.807) is 11.0 Å². The molecule has 0 radical (unpaired) electrons. The summed E-state index contributed by atoms with van der Waals surface area (Å²) in [5, 5.41) is 3.03. The third-order valence-electron chi connectivity index (χ3n) is 4.55. The number of piperazine rings is 1. The average molecular weight is 353 g/mol. The predicted molar refractivity (Wildman–Crippen MR) is 90.7 cm³/mol. The molecule has 3 rings (SSSR count). The zero-order valence-electron chi connectivity index (χ0n) is 13.8. The van der Waals surface area contributed by atoms with Crippen molar-refractivity contribution in [3.8, 4) is 0 Å². The number of aromatic nitrogens is 2. The van der Waals surface area contributed by atoms with Crippen LogP contribution in [-0.4, -0.2) is 84.4 Å². The lowest BCUT2D eigenvalue weighted by molar-refractivity contribution is 0.0637. The zero-order chi connectivity index (χ0) is 17.2. The quantitative estimate of drug-likeness (QED) is 0.804. The normalized spacial score (nSPS) is 24.0. The van der Waals surface area contributed by atoms with E-state index in [4.69, 9.17) is 0 Å². The van der Waals surface area contributed by atoms with Gasteiger partial charge in [0.25, 0.3) is 5.91 Å². The molecule has 2 aliphatic heterocycles. The van der Waals surface area contributed by atoms with Crippen LogP contribution >= 0.6 is 0 Å². The van der Waals surface area contributed by atoms with Crippen molar-refractivity contribution >= 4 is 21.7 Å². The van der Waals surface area contributed by atoms with Crippen molar-refractivity contribution in [3.63, 3.8) is 0 Å². The van der Waals surface area contributed by atoms with Gasteiger partial charge in [-0.2, -0.15) is 0 Å². The molecule has 3 heterocycles. The molecule has 0 aromatic carbocycles. The molecule has 1 unspecified atom stereocenters. The summed E-state index contributed by atoms with van der Waals surface area (Å²) in [7, 11) is -2.96. The Bertz CT molecular complexity index is 701. The largest absolute Gasteiger partial charge is 0.350 e. The van der Waals surface area contributed by atoms with Gasteiger partial charge in [-0.3, -0.25) is 4.79 Å². The second kappa shape index (κ2) is 7.02. The van der Waals surface area contributed by atoms with Gasteiger partial charge in [-0.15, -0.1) is 0 Å². The minimum absolute atomic E-state index is 0.0908. The first kappa shape index (κ1) is 17.1. The lowest BCUT2D eigenvalue weighted by Gasteiger charge is -2.33. The summed E-state index contributed by atoms with van der Waals surface area (Å²) in [4.78, 5) is 25.1. The van der Waals surface area contributed by atoms with Crippen LogP contribution in [0.15, 0.2) is 12.3 Å². The van der Waals surface area contributed by atoms with Crippen LogP contribution in [0.2, 0.25) is 0 Å². The molecule has 2 saturated heterocycles. The Morgan fingerprint density at radius 3 is 2.71 bits per heavy atom. The van der Waals surface area contributed by atoms with Gasteiger partial charge in [0.2, 0.25) is 5.95 Å². The second-order valence-electron chi connectivity index (χ2n) is 6.24. The molecule has 0 saturated carbocycles. The summed E-state index contributed by atoms with van der Waals surface area (Å²) in [6.45, 7) is 6.24. The topological polar surface area (TPSA) is 95.5 Å². The van der Waals surface area contributed by atoms with E-state index < -0.39 is 9.84 Å². The van der Waals surface area contributed by atoms with E-state index in [9.17, 15) is 13.2 Å². The maximum absolute atomic E-state index is 12.6.